The highest BCUT2D eigenvalue weighted by molar-refractivity contribution is 7.14. The molecule has 7 heteroatoms. The van der Waals surface area contributed by atoms with E-state index in [1.165, 1.54) is 17.7 Å². The summed E-state index contributed by atoms with van der Waals surface area (Å²) in [6.07, 6.45) is 4.10. The molecule has 1 N–H and O–H groups in total. The molecule has 1 atom stereocenters. The average molecular weight is 333 g/mol. The van der Waals surface area contributed by atoms with Crippen molar-refractivity contribution in [2.45, 2.75) is 32.7 Å². The van der Waals surface area contributed by atoms with Gasteiger partial charge in [-0.1, -0.05) is 19.1 Å². The van der Waals surface area contributed by atoms with Gasteiger partial charge in [0, 0.05) is 24.5 Å². The molecule has 1 fully saturated rings. The number of aromatic nitrogens is 3. The third-order valence-corrected chi connectivity index (χ3v) is 5.17. The Balaban J connectivity index is 1.68. The minimum absolute atomic E-state index is 0.116. The molecule has 0 unspecified atom stereocenters. The molecule has 0 radical (unpaired) electrons. The van der Waals surface area contributed by atoms with E-state index in [4.69, 9.17) is 0 Å². The van der Waals surface area contributed by atoms with Gasteiger partial charge in [0.05, 0.1) is 11.1 Å². The SMILES string of the molecule is CC(C)CN1CCC[C@H]1c1ccc(C(=O)Nc2cn(C)nn2)s1. The first-order valence-corrected chi connectivity index (χ1v) is 8.86. The minimum Gasteiger partial charge on any atom is -0.303 e. The number of anilines is 1. The third kappa shape index (κ3) is 3.79. The van der Waals surface area contributed by atoms with Crippen LogP contribution >= 0.6 is 11.3 Å². The Hall–Kier alpha value is -1.73. The van der Waals surface area contributed by atoms with Gasteiger partial charge in [-0.3, -0.25) is 14.4 Å². The fourth-order valence-electron chi connectivity index (χ4n) is 3.07. The monoisotopic (exact) mass is 333 g/mol. The van der Waals surface area contributed by atoms with E-state index in [2.05, 4.69) is 40.4 Å². The van der Waals surface area contributed by atoms with Crippen molar-refractivity contribution in [2.75, 3.05) is 18.4 Å². The van der Waals surface area contributed by atoms with Gasteiger partial charge in [0.15, 0.2) is 5.82 Å². The molecule has 2 aromatic rings. The Morgan fingerprint density at radius 2 is 2.30 bits per heavy atom. The molecule has 2 aromatic heterocycles. The van der Waals surface area contributed by atoms with Crippen molar-refractivity contribution < 1.29 is 4.79 Å². The van der Waals surface area contributed by atoms with E-state index in [0.29, 0.717) is 17.8 Å². The Morgan fingerprint density at radius 1 is 1.48 bits per heavy atom. The number of aryl methyl sites for hydroxylation is 1. The van der Waals surface area contributed by atoms with Crippen LogP contribution in [0.15, 0.2) is 18.3 Å². The topological polar surface area (TPSA) is 63.1 Å². The molecule has 3 rings (SSSR count). The second-order valence-electron chi connectivity index (χ2n) is 6.48. The normalized spacial score (nSPS) is 18.7. The standard InChI is InChI=1S/C16H23N5OS/c1-11(2)9-21-8-4-5-12(21)13-6-7-14(23-13)16(22)17-15-10-20(3)19-18-15/h6-7,10-12H,4-5,8-9H2,1-3H3,(H,17,22)/t12-/m0/s1. The van der Waals surface area contributed by atoms with E-state index in [9.17, 15) is 4.79 Å². The van der Waals surface area contributed by atoms with E-state index in [1.807, 2.05) is 6.07 Å². The van der Waals surface area contributed by atoms with Crippen LogP contribution in [0.4, 0.5) is 5.82 Å². The van der Waals surface area contributed by atoms with Gasteiger partial charge in [-0.25, -0.2) is 0 Å². The molecule has 1 saturated heterocycles. The minimum atomic E-state index is -0.116. The van der Waals surface area contributed by atoms with E-state index >= 15 is 0 Å². The summed E-state index contributed by atoms with van der Waals surface area (Å²) in [6.45, 7) is 6.78. The van der Waals surface area contributed by atoms with Gasteiger partial charge in [-0.15, -0.1) is 16.4 Å². The summed E-state index contributed by atoms with van der Waals surface area (Å²) in [4.78, 5) is 16.9. The zero-order valence-electron chi connectivity index (χ0n) is 13.8. The number of hydrogen-bond donors (Lipinski definition) is 1. The number of amides is 1. The summed E-state index contributed by atoms with van der Waals surface area (Å²) >= 11 is 1.59. The predicted molar refractivity (Wildman–Crippen MR) is 91.7 cm³/mol. The van der Waals surface area contributed by atoms with Gasteiger partial charge in [-0.2, -0.15) is 0 Å². The van der Waals surface area contributed by atoms with Gasteiger partial charge in [0.25, 0.3) is 5.91 Å². The van der Waals surface area contributed by atoms with Crippen LogP contribution in [0, 0.1) is 5.92 Å². The van der Waals surface area contributed by atoms with Crippen LogP contribution < -0.4 is 5.32 Å². The van der Waals surface area contributed by atoms with Gasteiger partial charge >= 0.3 is 0 Å². The Morgan fingerprint density at radius 3 is 3.00 bits per heavy atom. The van der Waals surface area contributed by atoms with Gasteiger partial charge in [0.2, 0.25) is 0 Å². The zero-order valence-corrected chi connectivity index (χ0v) is 14.6. The maximum Gasteiger partial charge on any atom is 0.266 e. The highest BCUT2D eigenvalue weighted by atomic mass is 32.1. The lowest BCUT2D eigenvalue weighted by atomic mass is 10.1. The first-order chi connectivity index (χ1) is 11.0. The average Bonchev–Trinajstić information content (AvgIpc) is 3.18. The van der Waals surface area contributed by atoms with E-state index in [0.717, 1.165) is 18.0 Å². The smallest absolute Gasteiger partial charge is 0.266 e. The zero-order chi connectivity index (χ0) is 16.4. The van der Waals surface area contributed by atoms with Crippen LogP contribution in [0.5, 0.6) is 0 Å². The molecular formula is C16H23N5OS. The van der Waals surface area contributed by atoms with E-state index in [-0.39, 0.29) is 5.91 Å². The van der Waals surface area contributed by atoms with E-state index in [1.54, 1.807) is 29.3 Å². The van der Waals surface area contributed by atoms with E-state index < -0.39 is 0 Å². The molecule has 1 aliphatic heterocycles. The summed E-state index contributed by atoms with van der Waals surface area (Å²) in [5.74, 6) is 1.03. The molecule has 1 amide bonds. The van der Waals surface area contributed by atoms with Crippen molar-refractivity contribution in [2.24, 2.45) is 13.0 Å². The van der Waals surface area contributed by atoms with Gasteiger partial charge in [0.1, 0.15) is 0 Å². The fourth-order valence-corrected chi connectivity index (χ4v) is 4.15. The molecule has 23 heavy (non-hydrogen) atoms. The number of likely N-dealkylation sites (tertiary alicyclic amines) is 1. The lowest BCUT2D eigenvalue weighted by molar-refractivity contribution is 0.103. The lowest BCUT2D eigenvalue weighted by Crippen LogP contribution is -2.26. The molecule has 124 valence electrons. The molecule has 0 aromatic carbocycles. The molecule has 0 aliphatic carbocycles. The van der Waals surface area contributed by atoms with Crippen molar-refractivity contribution in [1.82, 2.24) is 19.9 Å². The highest BCUT2D eigenvalue weighted by Crippen LogP contribution is 2.36. The van der Waals surface area contributed by atoms with Gasteiger partial charge < -0.3 is 5.32 Å². The largest absolute Gasteiger partial charge is 0.303 e. The van der Waals surface area contributed by atoms with Crippen LogP contribution in [-0.2, 0) is 7.05 Å². The number of nitrogens with one attached hydrogen (secondary N) is 1. The summed E-state index contributed by atoms with van der Waals surface area (Å²) < 4.78 is 1.57. The quantitative estimate of drug-likeness (QED) is 0.914. The predicted octanol–water partition coefficient (Wildman–Crippen LogP) is 2.92. The number of thiophene rings is 1. The Labute approximate surface area is 140 Å². The molecular weight excluding hydrogens is 310 g/mol. The van der Waals surface area contributed by atoms with Crippen molar-refractivity contribution in [1.29, 1.82) is 0 Å². The fraction of sp³-hybridized carbons (Fsp3) is 0.562. The molecule has 3 heterocycles. The first-order valence-electron chi connectivity index (χ1n) is 8.04. The summed E-state index contributed by atoms with van der Waals surface area (Å²) in [7, 11) is 1.77. The number of rotatable bonds is 5. The number of hydrogen-bond acceptors (Lipinski definition) is 5. The second-order valence-corrected chi connectivity index (χ2v) is 7.60. The first kappa shape index (κ1) is 16.1. The summed E-state index contributed by atoms with van der Waals surface area (Å²) in [5.41, 5.74) is 0. The molecule has 1 aliphatic rings. The Bertz CT molecular complexity index is 678. The Kier molecular flexibility index (Phi) is 4.77. The maximum absolute atomic E-state index is 12.3. The molecule has 6 nitrogen and oxygen atoms in total. The molecule has 0 saturated carbocycles. The van der Waals surface area contributed by atoms with Crippen LogP contribution in [0.1, 0.15) is 47.3 Å². The van der Waals surface area contributed by atoms with Crippen molar-refractivity contribution in [3.05, 3.63) is 28.1 Å². The van der Waals surface area contributed by atoms with Crippen LogP contribution in [0.3, 0.4) is 0 Å². The molecule has 0 spiro atoms. The van der Waals surface area contributed by atoms with Crippen LogP contribution in [0.25, 0.3) is 0 Å². The number of carbonyl (C=O) groups excluding carboxylic acids is 1. The highest BCUT2D eigenvalue weighted by Gasteiger charge is 2.28. The molecule has 0 bridgehead atoms. The maximum atomic E-state index is 12.3. The summed E-state index contributed by atoms with van der Waals surface area (Å²) in [5, 5.41) is 10.5. The number of carbonyl (C=O) groups is 1. The lowest BCUT2D eigenvalue weighted by Gasteiger charge is -2.25. The van der Waals surface area contributed by atoms with Crippen molar-refractivity contribution in [3.63, 3.8) is 0 Å². The summed E-state index contributed by atoms with van der Waals surface area (Å²) in [6, 6.07) is 4.47. The number of nitrogens with zero attached hydrogens (tertiary/aromatic N) is 4. The van der Waals surface area contributed by atoms with Crippen LogP contribution in [0.2, 0.25) is 0 Å². The van der Waals surface area contributed by atoms with Crippen molar-refractivity contribution in [3.8, 4) is 0 Å². The second kappa shape index (κ2) is 6.80. The van der Waals surface area contributed by atoms with Crippen LogP contribution in [-0.4, -0.2) is 38.9 Å². The third-order valence-electron chi connectivity index (χ3n) is 3.99. The van der Waals surface area contributed by atoms with Gasteiger partial charge in [-0.05, 0) is 37.4 Å². The van der Waals surface area contributed by atoms with Crippen molar-refractivity contribution >= 4 is 23.1 Å².